The Morgan fingerprint density at radius 1 is 1.22 bits per heavy atom. The summed E-state index contributed by atoms with van der Waals surface area (Å²) in [6.07, 6.45) is 2.16. The SMILES string of the molecule is CC[C@@H](O)c1ccc(N2CCN(CC)CC2)cn1. The zero-order chi connectivity index (χ0) is 13.0. The summed E-state index contributed by atoms with van der Waals surface area (Å²) in [5.74, 6) is 0. The lowest BCUT2D eigenvalue weighted by molar-refractivity contribution is 0.169. The molecule has 0 amide bonds. The third-order valence-corrected chi connectivity index (χ3v) is 3.68. The molecule has 0 saturated carbocycles. The van der Waals surface area contributed by atoms with Crippen molar-refractivity contribution in [3.05, 3.63) is 24.0 Å². The molecule has 4 nitrogen and oxygen atoms in total. The van der Waals surface area contributed by atoms with E-state index in [9.17, 15) is 5.11 Å². The summed E-state index contributed by atoms with van der Waals surface area (Å²) in [6, 6.07) is 4.01. The van der Waals surface area contributed by atoms with E-state index in [1.807, 2.05) is 19.2 Å². The molecular formula is C14H23N3O. The number of hydrogen-bond donors (Lipinski definition) is 1. The van der Waals surface area contributed by atoms with Gasteiger partial charge < -0.3 is 14.9 Å². The van der Waals surface area contributed by atoms with Crippen LogP contribution < -0.4 is 4.90 Å². The van der Waals surface area contributed by atoms with Gasteiger partial charge in [0, 0.05) is 26.2 Å². The third kappa shape index (κ3) is 3.00. The van der Waals surface area contributed by atoms with Gasteiger partial charge >= 0.3 is 0 Å². The zero-order valence-electron chi connectivity index (χ0n) is 11.3. The van der Waals surface area contributed by atoms with E-state index < -0.39 is 6.10 Å². The molecule has 0 radical (unpaired) electrons. The van der Waals surface area contributed by atoms with Gasteiger partial charge in [0.2, 0.25) is 0 Å². The highest BCUT2D eigenvalue weighted by molar-refractivity contribution is 5.45. The monoisotopic (exact) mass is 249 g/mol. The van der Waals surface area contributed by atoms with Crippen LogP contribution in [0.5, 0.6) is 0 Å². The van der Waals surface area contributed by atoms with Gasteiger partial charge in [-0.1, -0.05) is 13.8 Å². The van der Waals surface area contributed by atoms with Gasteiger partial charge in [-0.2, -0.15) is 0 Å². The fourth-order valence-corrected chi connectivity index (χ4v) is 2.31. The molecule has 1 aliphatic rings. The maximum Gasteiger partial charge on any atom is 0.0957 e. The molecule has 2 rings (SSSR count). The van der Waals surface area contributed by atoms with Crippen LogP contribution in [0.4, 0.5) is 5.69 Å². The molecule has 1 N–H and O–H groups in total. The predicted octanol–water partition coefficient (Wildman–Crippen LogP) is 1.67. The maximum absolute atomic E-state index is 9.71. The smallest absolute Gasteiger partial charge is 0.0957 e. The summed E-state index contributed by atoms with van der Waals surface area (Å²) in [7, 11) is 0. The zero-order valence-corrected chi connectivity index (χ0v) is 11.3. The van der Waals surface area contributed by atoms with Gasteiger partial charge in [-0.3, -0.25) is 4.98 Å². The number of aliphatic hydroxyl groups excluding tert-OH is 1. The maximum atomic E-state index is 9.71. The van der Waals surface area contributed by atoms with Gasteiger partial charge in [0.15, 0.2) is 0 Å². The Labute approximate surface area is 109 Å². The molecule has 4 heteroatoms. The molecular weight excluding hydrogens is 226 g/mol. The van der Waals surface area contributed by atoms with Gasteiger partial charge in [-0.15, -0.1) is 0 Å². The summed E-state index contributed by atoms with van der Waals surface area (Å²) in [5, 5.41) is 9.71. The van der Waals surface area contributed by atoms with E-state index >= 15 is 0 Å². The molecule has 1 aromatic heterocycles. The first-order chi connectivity index (χ1) is 8.74. The van der Waals surface area contributed by atoms with Crippen LogP contribution >= 0.6 is 0 Å². The molecule has 0 bridgehead atoms. The Hall–Kier alpha value is -1.13. The molecule has 0 aromatic carbocycles. The van der Waals surface area contributed by atoms with Crippen LogP contribution in [0.1, 0.15) is 32.1 Å². The minimum Gasteiger partial charge on any atom is -0.387 e. The highest BCUT2D eigenvalue weighted by Gasteiger charge is 2.16. The lowest BCUT2D eigenvalue weighted by Gasteiger charge is -2.35. The minimum atomic E-state index is -0.434. The summed E-state index contributed by atoms with van der Waals surface area (Å²) in [6.45, 7) is 9.66. The Balaban J connectivity index is 1.98. The third-order valence-electron chi connectivity index (χ3n) is 3.68. The van der Waals surface area contributed by atoms with Crippen LogP contribution in [0.2, 0.25) is 0 Å². The average Bonchev–Trinajstić information content (AvgIpc) is 2.47. The molecule has 1 aliphatic heterocycles. The summed E-state index contributed by atoms with van der Waals surface area (Å²) >= 11 is 0. The van der Waals surface area contributed by atoms with E-state index in [-0.39, 0.29) is 0 Å². The van der Waals surface area contributed by atoms with Crippen LogP contribution in [0.15, 0.2) is 18.3 Å². The predicted molar refractivity (Wildman–Crippen MR) is 73.8 cm³/mol. The number of anilines is 1. The van der Waals surface area contributed by atoms with Crippen molar-refractivity contribution >= 4 is 5.69 Å². The molecule has 2 heterocycles. The number of hydrogen-bond acceptors (Lipinski definition) is 4. The fourth-order valence-electron chi connectivity index (χ4n) is 2.31. The quantitative estimate of drug-likeness (QED) is 0.881. The van der Waals surface area contributed by atoms with Gasteiger partial charge in [0.25, 0.3) is 0 Å². The summed E-state index contributed by atoms with van der Waals surface area (Å²) in [4.78, 5) is 9.18. The normalized spacial score (nSPS) is 18.9. The number of piperazine rings is 1. The van der Waals surface area contributed by atoms with Crippen LogP contribution in [0.3, 0.4) is 0 Å². The van der Waals surface area contributed by atoms with Gasteiger partial charge in [-0.05, 0) is 25.1 Å². The van der Waals surface area contributed by atoms with E-state index in [0.717, 1.165) is 44.1 Å². The van der Waals surface area contributed by atoms with Crippen molar-refractivity contribution in [1.82, 2.24) is 9.88 Å². The molecule has 0 aliphatic carbocycles. The number of likely N-dealkylation sites (N-methyl/N-ethyl adjacent to an activating group) is 1. The summed E-state index contributed by atoms with van der Waals surface area (Å²) < 4.78 is 0. The number of nitrogens with zero attached hydrogens (tertiary/aromatic N) is 3. The van der Waals surface area contributed by atoms with E-state index in [4.69, 9.17) is 0 Å². The van der Waals surface area contributed by atoms with Crippen molar-refractivity contribution < 1.29 is 5.11 Å². The number of rotatable bonds is 4. The minimum absolute atomic E-state index is 0.434. The standard InChI is InChI=1S/C14H23N3O/c1-3-14(18)13-6-5-12(11-15-13)17-9-7-16(4-2)8-10-17/h5-6,11,14,18H,3-4,7-10H2,1-2H3/t14-/m1/s1. The number of aromatic nitrogens is 1. The molecule has 1 atom stereocenters. The second-order valence-electron chi connectivity index (χ2n) is 4.79. The van der Waals surface area contributed by atoms with Crippen molar-refractivity contribution in [3.8, 4) is 0 Å². The van der Waals surface area contributed by atoms with E-state index in [2.05, 4.69) is 27.8 Å². The highest BCUT2D eigenvalue weighted by atomic mass is 16.3. The molecule has 1 aromatic rings. The first-order valence-corrected chi connectivity index (χ1v) is 6.86. The van der Waals surface area contributed by atoms with Crippen LogP contribution in [-0.4, -0.2) is 47.7 Å². The molecule has 0 spiro atoms. The van der Waals surface area contributed by atoms with Gasteiger partial charge in [-0.25, -0.2) is 0 Å². The molecule has 0 unspecified atom stereocenters. The Morgan fingerprint density at radius 3 is 2.44 bits per heavy atom. The largest absolute Gasteiger partial charge is 0.387 e. The van der Waals surface area contributed by atoms with Crippen molar-refractivity contribution in [2.45, 2.75) is 26.4 Å². The molecule has 18 heavy (non-hydrogen) atoms. The molecule has 1 saturated heterocycles. The van der Waals surface area contributed by atoms with Crippen LogP contribution in [0.25, 0.3) is 0 Å². The van der Waals surface area contributed by atoms with Gasteiger partial charge in [0.1, 0.15) is 0 Å². The van der Waals surface area contributed by atoms with Crippen LogP contribution in [-0.2, 0) is 0 Å². The van der Waals surface area contributed by atoms with E-state index in [0.29, 0.717) is 6.42 Å². The van der Waals surface area contributed by atoms with E-state index in [1.54, 1.807) is 0 Å². The summed E-state index contributed by atoms with van der Waals surface area (Å²) in [5.41, 5.74) is 1.94. The van der Waals surface area contributed by atoms with Crippen molar-refractivity contribution in [1.29, 1.82) is 0 Å². The van der Waals surface area contributed by atoms with Crippen molar-refractivity contribution in [2.75, 3.05) is 37.6 Å². The Kier molecular flexibility index (Phi) is 4.55. The van der Waals surface area contributed by atoms with Crippen LogP contribution in [0, 0.1) is 0 Å². The topological polar surface area (TPSA) is 39.6 Å². The fraction of sp³-hybridized carbons (Fsp3) is 0.643. The first kappa shape index (κ1) is 13.3. The van der Waals surface area contributed by atoms with Crippen molar-refractivity contribution in [3.63, 3.8) is 0 Å². The highest BCUT2D eigenvalue weighted by Crippen LogP contribution is 2.19. The second-order valence-corrected chi connectivity index (χ2v) is 4.79. The van der Waals surface area contributed by atoms with Gasteiger partial charge in [0.05, 0.1) is 23.7 Å². The number of pyridine rings is 1. The average molecular weight is 249 g/mol. The Morgan fingerprint density at radius 2 is 1.94 bits per heavy atom. The lowest BCUT2D eigenvalue weighted by atomic mass is 10.2. The number of aliphatic hydroxyl groups is 1. The molecule has 100 valence electrons. The molecule has 1 fully saturated rings. The Bertz CT molecular complexity index is 358. The van der Waals surface area contributed by atoms with E-state index in [1.165, 1.54) is 0 Å². The first-order valence-electron chi connectivity index (χ1n) is 6.86. The lowest BCUT2D eigenvalue weighted by Crippen LogP contribution is -2.46. The second kappa shape index (κ2) is 6.16. The van der Waals surface area contributed by atoms with Crippen molar-refractivity contribution in [2.24, 2.45) is 0 Å².